The van der Waals surface area contributed by atoms with Gasteiger partial charge in [-0.2, -0.15) is 0 Å². The highest BCUT2D eigenvalue weighted by atomic mass is 16.7. The first-order valence-corrected chi connectivity index (χ1v) is 4.86. The van der Waals surface area contributed by atoms with Crippen molar-refractivity contribution in [2.24, 2.45) is 5.11 Å². The molecule has 0 bridgehead atoms. The lowest BCUT2D eigenvalue weighted by molar-refractivity contribution is -0.152. The number of hydrogen-bond donors (Lipinski definition) is 4. The number of rotatable bonds is 8. The molecule has 0 fully saturated rings. The Morgan fingerprint density at radius 3 is 2.61 bits per heavy atom. The van der Waals surface area contributed by atoms with Crippen LogP contribution < -0.4 is 5.48 Å². The van der Waals surface area contributed by atoms with Crippen molar-refractivity contribution in [3.8, 4) is 0 Å². The first-order chi connectivity index (χ1) is 8.47. The minimum absolute atomic E-state index is 0.157. The van der Waals surface area contributed by atoms with Crippen LogP contribution in [0.4, 0.5) is 0 Å². The van der Waals surface area contributed by atoms with Crippen molar-refractivity contribution in [2.45, 2.75) is 31.3 Å². The van der Waals surface area contributed by atoms with Crippen molar-refractivity contribution in [3.05, 3.63) is 10.4 Å². The van der Waals surface area contributed by atoms with E-state index in [1.54, 1.807) is 0 Å². The molecule has 0 aromatic carbocycles. The molecule has 0 rings (SSSR count). The average Bonchev–Trinajstić information content (AvgIpc) is 2.35. The van der Waals surface area contributed by atoms with Gasteiger partial charge in [0.2, 0.25) is 5.91 Å². The van der Waals surface area contributed by atoms with Crippen LogP contribution in [0, 0.1) is 0 Å². The topological polar surface area (TPSA) is 165 Å². The van der Waals surface area contributed by atoms with Crippen LogP contribution in [0.25, 0.3) is 10.4 Å². The van der Waals surface area contributed by atoms with Gasteiger partial charge in [0.15, 0.2) is 12.4 Å². The summed E-state index contributed by atoms with van der Waals surface area (Å²) in [5.41, 5.74) is 10.1. The van der Waals surface area contributed by atoms with E-state index in [9.17, 15) is 19.8 Å². The second kappa shape index (κ2) is 8.39. The number of aldehydes is 1. The SMILES string of the molecule is CC(=O)NO[C@@H](C=O)[C@@H](O)[C@H](N=[N+]=[N-])[C@H](O)CO. The van der Waals surface area contributed by atoms with Crippen LogP contribution in [0.15, 0.2) is 5.11 Å². The summed E-state index contributed by atoms with van der Waals surface area (Å²) in [6.07, 6.45) is -4.69. The Hall–Kier alpha value is -1.71. The maximum Gasteiger partial charge on any atom is 0.240 e. The lowest BCUT2D eigenvalue weighted by Crippen LogP contribution is -2.48. The second-order valence-corrected chi connectivity index (χ2v) is 3.31. The van der Waals surface area contributed by atoms with Crippen LogP contribution in [0.3, 0.4) is 0 Å². The Labute approximate surface area is 102 Å². The Morgan fingerprint density at radius 2 is 2.22 bits per heavy atom. The molecule has 10 nitrogen and oxygen atoms in total. The van der Waals surface area contributed by atoms with Crippen molar-refractivity contribution in [1.29, 1.82) is 0 Å². The molecule has 0 saturated heterocycles. The van der Waals surface area contributed by atoms with Gasteiger partial charge in [-0.1, -0.05) is 5.11 Å². The molecule has 1 amide bonds. The van der Waals surface area contributed by atoms with Gasteiger partial charge in [-0.3, -0.25) is 9.63 Å². The monoisotopic (exact) mass is 262 g/mol. The third-order valence-electron chi connectivity index (χ3n) is 1.93. The molecule has 0 aromatic heterocycles. The normalized spacial score (nSPS) is 16.9. The number of hydrogen-bond acceptors (Lipinski definition) is 7. The molecule has 0 saturated carbocycles. The molecular formula is C8H14N4O6. The number of nitrogens with one attached hydrogen (secondary N) is 1. The van der Waals surface area contributed by atoms with Gasteiger partial charge < -0.3 is 20.1 Å². The summed E-state index contributed by atoms with van der Waals surface area (Å²) in [6.45, 7) is 0.328. The second-order valence-electron chi connectivity index (χ2n) is 3.31. The number of hydroxylamine groups is 1. The molecule has 0 radical (unpaired) electrons. The zero-order chi connectivity index (χ0) is 14.1. The van der Waals surface area contributed by atoms with Gasteiger partial charge in [0.05, 0.1) is 18.8 Å². The van der Waals surface area contributed by atoms with Crippen molar-refractivity contribution in [2.75, 3.05) is 6.61 Å². The number of aliphatic hydroxyl groups excluding tert-OH is 3. The predicted molar refractivity (Wildman–Crippen MR) is 56.8 cm³/mol. The van der Waals surface area contributed by atoms with Gasteiger partial charge in [-0.15, -0.1) is 0 Å². The third-order valence-corrected chi connectivity index (χ3v) is 1.93. The van der Waals surface area contributed by atoms with E-state index in [0.29, 0.717) is 0 Å². The summed E-state index contributed by atoms with van der Waals surface area (Å²) in [6, 6.07) is -1.50. The van der Waals surface area contributed by atoms with Crippen molar-refractivity contribution < 1.29 is 29.7 Å². The Bertz CT molecular complexity index is 332. The maximum atomic E-state index is 10.7. The summed E-state index contributed by atoms with van der Waals surface area (Å²) < 4.78 is 0. The standard InChI is InChI=1S/C8H14N4O6/c1-4(15)11-18-6(3-14)8(17)7(10-12-9)5(16)2-13/h3,5-8,13,16-17H,2H2,1H3,(H,11,15)/t5-,6+,7-,8-/m1/s1. The van der Waals surface area contributed by atoms with Gasteiger partial charge in [0, 0.05) is 11.8 Å². The molecule has 4 atom stereocenters. The highest BCUT2D eigenvalue weighted by Crippen LogP contribution is 2.10. The number of azide groups is 1. The van der Waals surface area contributed by atoms with Crippen molar-refractivity contribution in [1.82, 2.24) is 5.48 Å². The largest absolute Gasteiger partial charge is 0.394 e. The van der Waals surface area contributed by atoms with Crippen molar-refractivity contribution in [3.63, 3.8) is 0 Å². The molecule has 0 aliphatic rings. The van der Waals surface area contributed by atoms with E-state index in [4.69, 9.17) is 10.6 Å². The summed E-state index contributed by atoms with van der Waals surface area (Å²) in [5.74, 6) is -0.614. The van der Waals surface area contributed by atoms with Crippen LogP contribution in [0.5, 0.6) is 0 Å². The fraction of sp³-hybridized carbons (Fsp3) is 0.750. The Kier molecular flexibility index (Phi) is 7.59. The van der Waals surface area contributed by atoms with Gasteiger partial charge in [-0.05, 0) is 5.53 Å². The van der Waals surface area contributed by atoms with Crippen LogP contribution in [0.2, 0.25) is 0 Å². The minimum Gasteiger partial charge on any atom is -0.394 e. The van der Waals surface area contributed by atoms with E-state index in [0.717, 1.165) is 6.92 Å². The van der Waals surface area contributed by atoms with E-state index in [1.165, 1.54) is 0 Å². The quantitative estimate of drug-likeness (QED) is 0.130. The summed E-state index contributed by atoms with van der Waals surface area (Å²) in [7, 11) is 0. The number of nitrogens with zero attached hydrogens (tertiary/aromatic N) is 3. The van der Waals surface area contributed by atoms with Crippen LogP contribution in [-0.4, -0.2) is 58.5 Å². The van der Waals surface area contributed by atoms with E-state index in [1.807, 2.05) is 5.48 Å². The molecule has 0 spiro atoms. The highest BCUT2D eigenvalue weighted by molar-refractivity contribution is 5.71. The summed E-state index contributed by atoms with van der Waals surface area (Å²) >= 11 is 0. The highest BCUT2D eigenvalue weighted by Gasteiger charge is 2.33. The minimum atomic E-state index is -1.73. The zero-order valence-electron chi connectivity index (χ0n) is 9.50. The fourth-order valence-electron chi connectivity index (χ4n) is 1.06. The first-order valence-electron chi connectivity index (χ1n) is 4.86. The number of amides is 1. The predicted octanol–water partition coefficient (Wildman–Crippen LogP) is -1.99. The lowest BCUT2D eigenvalue weighted by atomic mass is 10.0. The molecule has 18 heavy (non-hydrogen) atoms. The molecule has 0 unspecified atom stereocenters. The van der Waals surface area contributed by atoms with E-state index >= 15 is 0 Å². The van der Waals surface area contributed by atoms with Crippen LogP contribution in [-0.2, 0) is 14.4 Å². The summed E-state index contributed by atoms with van der Waals surface area (Å²) in [5, 5.41) is 30.7. The molecule has 0 aliphatic carbocycles. The molecular weight excluding hydrogens is 248 g/mol. The molecule has 0 heterocycles. The van der Waals surface area contributed by atoms with E-state index in [2.05, 4.69) is 14.9 Å². The van der Waals surface area contributed by atoms with E-state index < -0.39 is 36.9 Å². The van der Waals surface area contributed by atoms with Crippen molar-refractivity contribution >= 4 is 12.2 Å². The molecule has 4 N–H and O–H groups in total. The molecule has 10 heteroatoms. The van der Waals surface area contributed by atoms with Crippen LogP contribution >= 0.6 is 0 Å². The average molecular weight is 262 g/mol. The number of aliphatic hydroxyl groups is 3. The lowest BCUT2D eigenvalue weighted by Gasteiger charge is -2.25. The van der Waals surface area contributed by atoms with Crippen LogP contribution in [0.1, 0.15) is 6.92 Å². The third kappa shape index (κ3) is 5.08. The maximum absolute atomic E-state index is 10.7. The first kappa shape index (κ1) is 16.3. The van der Waals surface area contributed by atoms with Gasteiger partial charge >= 0.3 is 0 Å². The molecule has 102 valence electrons. The molecule has 0 aromatic rings. The summed E-state index contributed by atoms with van der Waals surface area (Å²) in [4.78, 5) is 28.1. The zero-order valence-corrected chi connectivity index (χ0v) is 9.50. The Morgan fingerprint density at radius 1 is 1.61 bits per heavy atom. The smallest absolute Gasteiger partial charge is 0.240 e. The fourth-order valence-corrected chi connectivity index (χ4v) is 1.06. The van der Waals surface area contributed by atoms with E-state index in [-0.39, 0.29) is 6.29 Å². The van der Waals surface area contributed by atoms with Gasteiger partial charge in [0.1, 0.15) is 6.10 Å². The number of carbonyl (C=O) groups excluding carboxylic acids is 2. The van der Waals surface area contributed by atoms with Gasteiger partial charge in [0.25, 0.3) is 0 Å². The number of carbonyl (C=O) groups is 2. The molecule has 0 aliphatic heterocycles. The Balaban J connectivity index is 4.79. The van der Waals surface area contributed by atoms with Gasteiger partial charge in [-0.25, -0.2) is 5.48 Å².